The van der Waals surface area contributed by atoms with Crippen molar-refractivity contribution in [2.45, 2.75) is 6.42 Å². The van der Waals surface area contributed by atoms with Crippen molar-refractivity contribution < 1.29 is 19.1 Å². The summed E-state index contributed by atoms with van der Waals surface area (Å²) in [6, 6.07) is 14.7. The second kappa shape index (κ2) is 8.44. The molecule has 2 aliphatic heterocycles. The van der Waals surface area contributed by atoms with Gasteiger partial charge in [0.2, 0.25) is 17.7 Å². The minimum Gasteiger partial charge on any atom is -0.497 e. The van der Waals surface area contributed by atoms with E-state index in [1.165, 1.54) is 0 Å². The molecule has 2 aromatic rings. The summed E-state index contributed by atoms with van der Waals surface area (Å²) in [7, 11) is 1.57. The van der Waals surface area contributed by atoms with Gasteiger partial charge in [-0.15, -0.1) is 0 Å². The third-order valence-corrected chi connectivity index (χ3v) is 5.40. The Hall–Kier alpha value is -3.55. The van der Waals surface area contributed by atoms with Gasteiger partial charge in [0.1, 0.15) is 5.75 Å². The number of rotatable bonds is 5. The van der Waals surface area contributed by atoms with Crippen LogP contribution < -0.4 is 25.2 Å². The quantitative estimate of drug-likeness (QED) is 0.785. The first kappa shape index (κ1) is 19.8. The minimum absolute atomic E-state index is 0.0438. The van der Waals surface area contributed by atoms with E-state index in [1.54, 1.807) is 18.1 Å². The Morgan fingerprint density at radius 3 is 2.80 bits per heavy atom. The molecular formula is C22H24N4O4. The second-order valence-corrected chi connectivity index (χ2v) is 7.38. The van der Waals surface area contributed by atoms with Crippen molar-refractivity contribution in [3.05, 3.63) is 48.5 Å². The molecule has 2 saturated heterocycles. The van der Waals surface area contributed by atoms with Crippen LogP contribution in [0.15, 0.2) is 48.5 Å². The molecule has 2 heterocycles. The van der Waals surface area contributed by atoms with Crippen molar-refractivity contribution >= 4 is 34.8 Å². The maximum Gasteiger partial charge on any atom is 0.239 e. The topological polar surface area (TPSA) is 91.0 Å². The molecule has 0 spiro atoms. The summed E-state index contributed by atoms with van der Waals surface area (Å²) >= 11 is 0. The molecule has 3 amide bonds. The number of anilines is 3. The molecule has 0 bridgehead atoms. The van der Waals surface area contributed by atoms with Crippen LogP contribution in [0.1, 0.15) is 6.42 Å². The summed E-state index contributed by atoms with van der Waals surface area (Å²) in [6.07, 6.45) is 0.150. The van der Waals surface area contributed by atoms with Gasteiger partial charge in [0.25, 0.3) is 0 Å². The third kappa shape index (κ3) is 4.07. The zero-order valence-electron chi connectivity index (χ0n) is 16.8. The lowest BCUT2D eigenvalue weighted by atomic mass is 10.1. The van der Waals surface area contributed by atoms with E-state index in [0.717, 1.165) is 11.4 Å². The van der Waals surface area contributed by atoms with Crippen LogP contribution in [-0.4, -0.2) is 51.0 Å². The molecule has 2 fully saturated rings. The van der Waals surface area contributed by atoms with Crippen LogP contribution in [-0.2, 0) is 14.4 Å². The number of benzene rings is 2. The molecule has 1 unspecified atom stereocenters. The number of ether oxygens (including phenoxy) is 1. The fourth-order valence-corrected chi connectivity index (χ4v) is 3.85. The van der Waals surface area contributed by atoms with Crippen molar-refractivity contribution in [2.24, 2.45) is 5.92 Å². The number of piperazine rings is 1. The summed E-state index contributed by atoms with van der Waals surface area (Å²) in [5.41, 5.74) is 2.16. The highest BCUT2D eigenvalue weighted by Crippen LogP contribution is 2.30. The summed E-state index contributed by atoms with van der Waals surface area (Å²) in [5.74, 6) is -0.140. The summed E-state index contributed by atoms with van der Waals surface area (Å²) < 4.78 is 5.23. The van der Waals surface area contributed by atoms with E-state index >= 15 is 0 Å². The average Bonchev–Trinajstić information content (AvgIpc) is 3.16. The Kier molecular flexibility index (Phi) is 5.56. The van der Waals surface area contributed by atoms with Crippen LogP contribution in [0, 0.1) is 5.92 Å². The van der Waals surface area contributed by atoms with E-state index < -0.39 is 5.92 Å². The van der Waals surface area contributed by atoms with Crippen LogP contribution in [0.25, 0.3) is 0 Å². The monoisotopic (exact) mass is 408 g/mol. The van der Waals surface area contributed by atoms with Gasteiger partial charge in [-0.2, -0.15) is 0 Å². The summed E-state index contributed by atoms with van der Waals surface area (Å²) in [6.45, 7) is 1.79. The first-order valence-electron chi connectivity index (χ1n) is 9.91. The largest absolute Gasteiger partial charge is 0.497 e. The van der Waals surface area contributed by atoms with Gasteiger partial charge < -0.3 is 25.2 Å². The van der Waals surface area contributed by atoms with E-state index in [1.807, 2.05) is 47.4 Å². The van der Waals surface area contributed by atoms with Crippen LogP contribution in [0.4, 0.5) is 17.1 Å². The van der Waals surface area contributed by atoms with E-state index in [-0.39, 0.29) is 30.7 Å². The number of methoxy groups -OCH3 is 1. The van der Waals surface area contributed by atoms with Gasteiger partial charge in [-0.25, -0.2) is 0 Å². The van der Waals surface area contributed by atoms with Crippen molar-refractivity contribution in [1.29, 1.82) is 0 Å². The number of nitrogens with one attached hydrogen (secondary N) is 2. The van der Waals surface area contributed by atoms with Crippen molar-refractivity contribution in [1.82, 2.24) is 5.32 Å². The number of para-hydroxylation sites is 2. The third-order valence-electron chi connectivity index (χ3n) is 5.40. The molecule has 156 valence electrons. The highest BCUT2D eigenvalue weighted by atomic mass is 16.5. The lowest BCUT2D eigenvalue weighted by Gasteiger charge is -2.30. The van der Waals surface area contributed by atoms with Crippen LogP contribution in [0.5, 0.6) is 5.75 Å². The average molecular weight is 408 g/mol. The van der Waals surface area contributed by atoms with E-state index in [2.05, 4.69) is 10.6 Å². The first-order valence-corrected chi connectivity index (χ1v) is 9.91. The minimum atomic E-state index is -0.457. The van der Waals surface area contributed by atoms with Crippen molar-refractivity contribution in [2.75, 3.05) is 48.4 Å². The Morgan fingerprint density at radius 2 is 2.00 bits per heavy atom. The zero-order chi connectivity index (χ0) is 21.1. The molecule has 0 aliphatic carbocycles. The molecule has 0 saturated carbocycles. The molecule has 4 rings (SSSR count). The summed E-state index contributed by atoms with van der Waals surface area (Å²) in [4.78, 5) is 40.8. The van der Waals surface area contributed by atoms with Crippen LogP contribution >= 0.6 is 0 Å². The van der Waals surface area contributed by atoms with E-state index in [0.29, 0.717) is 31.1 Å². The number of hydrogen-bond acceptors (Lipinski definition) is 5. The molecule has 8 nitrogen and oxygen atoms in total. The number of amides is 3. The lowest BCUT2D eigenvalue weighted by Crippen LogP contribution is -2.48. The zero-order valence-corrected chi connectivity index (χ0v) is 16.8. The Bertz CT molecular complexity index is 977. The van der Waals surface area contributed by atoms with Gasteiger partial charge >= 0.3 is 0 Å². The molecule has 0 aromatic heterocycles. The fourth-order valence-electron chi connectivity index (χ4n) is 3.85. The Morgan fingerprint density at radius 1 is 1.17 bits per heavy atom. The number of carbonyl (C=O) groups excluding carboxylic acids is 3. The van der Waals surface area contributed by atoms with Crippen LogP contribution in [0.2, 0.25) is 0 Å². The highest BCUT2D eigenvalue weighted by molar-refractivity contribution is 6.04. The van der Waals surface area contributed by atoms with Gasteiger partial charge in [-0.05, 0) is 24.3 Å². The SMILES string of the molecule is COc1cccc(N2CC(C(=O)Nc3ccccc3N3CCNC(=O)C3)CC2=O)c1. The number of hydrogen-bond donors (Lipinski definition) is 2. The van der Waals surface area contributed by atoms with Gasteiger partial charge in [0.15, 0.2) is 0 Å². The van der Waals surface area contributed by atoms with Gasteiger partial charge in [-0.3, -0.25) is 14.4 Å². The maximum absolute atomic E-state index is 12.9. The molecule has 2 aliphatic rings. The number of carbonyl (C=O) groups is 3. The van der Waals surface area contributed by atoms with Gasteiger partial charge in [-0.1, -0.05) is 18.2 Å². The van der Waals surface area contributed by atoms with Gasteiger partial charge in [0.05, 0.1) is 30.9 Å². The van der Waals surface area contributed by atoms with Gasteiger partial charge in [0, 0.05) is 37.8 Å². The Labute approximate surface area is 174 Å². The normalized spacial score (nSPS) is 18.9. The molecule has 2 N–H and O–H groups in total. The number of nitrogens with zero attached hydrogens (tertiary/aromatic N) is 2. The maximum atomic E-state index is 12.9. The first-order chi connectivity index (χ1) is 14.5. The molecule has 8 heteroatoms. The fraction of sp³-hybridized carbons (Fsp3) is 0.318. The standard InChI is InChI=1S/C22H24N4O4/c1-30-17-6-4-5-16(12-17)26-13-15(11-21(26)28)22(29)24-18-7-2-3-8-19(18)25-10-9-23-20(27)14-25/h2-8,12,15H,9-11,13-14H2,1H3,(H,23,27)(H,24,29). The van der Waals surface area contributed by atoms with E-state index in [4.69, 9.17) is 4.74 Å². The predicted molar refractivity (Wildman–Crippen MR) is 114 cm³/mol. The molecular weight excluding hydrogens is 384 g/mol. The molecule has 2 aromatic carbocycles. The van der Waals surface area contributed by atoms with E-state index in [9.17, 15) is 14.4 Å². The highest BCUT2D eigenvalue weighted by Gasteiger charge is 2.35. The molecule has 0 radical (unpaired) electrons. The van der Waals surface area contributed by atoms with Crippen molar-refractivity contribution in [3.63, 3.8) is 0 Å². The predicted octanol–water partition coefficient (Wildman–Crippen LogP) is 1.62. The molecule has 1 atom stereocenters. The van der Waals surface area contributed by atoms with Crippen molar-refractivity contribution in [3.8, 4) is 5.75 Å². The lowest BCUT2D eigenvalue weighted by molar-refractivity contribution is -0.122. The molecule has 30 heavy (non-hydrogen) atoms. The second-order valence-electron chi connectivity index (χ2n) is 7.38. The smallest absolute Gasteiger partial charge is 0.239 e. The van der Waals surface area contributed by atoms with Crippen LogP contribution in [0.3, 0.4) is 0 Å². The summed E-state index contributed by atoms with van der Waals surface area (Å²) in [5, 5.41) is 5.76. The Balaban J connectivity index is 1.47.